The number of piperidine rings is 1. The first-order valence-corrected chi connectivity index (χ1v) is 7.63. The molecule has 0 saturated carbocycles. The molecule has 0 bridgehead atoms. The third kappa shape index (κ3) is 3.18. The zero-order valence-corrected chi connectivity index (χ0v) is 13.4. The Balaban J connectivity index is 1.62. The van der Waals surface area contributed by atoms with E-state index in [4.69, 9.17) is 4.74 Å². The molecule has 0 atom stereocenters. The van der Waals surface area contributed by atoms with Crippen LogP contribution < -0.4 is 9.64 Å². The van der Waals surface area contributed by atoms with E-state index in [-0.39, 0.29) is 0 Å². The summed E-state index contributed by atoms with van der Waals surface area (Å²) >= 11 is 0. The molecule has 7 heteroatoms. The highest BCUT2D eigenvalue weighted by molar-refractivity contribution is 5.34. The van der Waals surface area contributed by atoms with Crippen molar-refractivity contribution in [2.45, 2.75) is 26.2 Å². The van der Waals surface area contributed by atoms with E-state index in [1.807, 2.05) is 24.6 Å². The Morgan fingerprint density at radius 2 is 2.05 bits per heavy atom. The second-order valence-corrected chi connectivity index (χ2v) is 5.84. The Hall–Kier alpha value is -2.18. The minimum Gasteiger partial charge on any atom is -0.481 e. The molecule has 0 N–H and O–H groups in total. The van der Waals surface area contributed by atoms with E-state index in [9.17, 15) is 0 Å². The fourth-order valence-corrected chi connectivity index (χ4v) is 2.86. The number of nitrogens with zero attached hydrogens (tertiary/aromatic N) is 6. The van der Waals surface area contributed by atoms with Crippen LogP contribution in [0.3, 0.4) is 0 Å². The Morgan fingerprint density at radius 3 is 2.68 bits per heavy atom. The van der Waals surface area contributed by atoms with Crippen molar-refractivity contribution in [2.24, 2.45) is 13.0 Å². The Bertz CT molecular complexity index is 633. The standard InChI is InChI=1S/C15H22N6O/c1-11-8-14(22-3)18-15(17-11)21-6-4-12(5-7-21)9-13-19-16-10-20(13)2/h8,10,12H,4-7,9H2,1-3H3. The van der Waals surface area contributed by atoms with E-state index in [0.717, 1.165) is 49.8 Å². The number of aryl methyl sites for hydroxylation is 2. The molecule has 0 aliphatic carbocycles. The summed E-state index contributed by atoms with van der Waals surface area (Å²) in [5, 5.41) is 8.13. The number of hydrogen-bond donors (Lipinski definition) is 0. The van der Waals surface area contributed by atoms with Crippen molar-refractivity contribution in [3.05, 3.63) is 23.9 Å². The van der Waals surface area contributed by atoms with Gasteiger partial charge in [0.15, 0.2) is 0 Å². The molecule has 1 saturated heterocycles. The maximum absolute atomic E-state index is 5.24. The average molecular weight is 302 g/mol. The van der Waals surface area contributed by atoms with Crippen LogP contribution in [-0.2, 0) is 13.5 Å². The summed E-state index contributed by atoms with van der Waals surface area (Å²) in [4.78, 5) is 11.2. The van der Waals surface area contributed by atoms with Gasteiger partial charge in [0, 0.05) is 38.3 Å². The SMILES string of the molecule is COc1cc(C)nc(N2CCC(Cc3nncn3C)CC2)n1. The number of methoxy groups -OCH3 is 1. The maximum Gasteiger partial charge on any atom is 0.228 e. The molecule has 118 valence electrons. The summed E-state index contributed by atoms with van der Waals surface area (Å²) in [5.41, 5.74) is 0.933. The molecule has 1 aliphatic heterocycles. The molecule has 2 aromatic rings. The van der Waals surface area contributed by atoms with Gasteiger partial charge in [-0.15, -0.1) is 10.2 Å². The van der Waals surface area contributed by atoms with Gasteiger partial charge in [0.05, 0.1) is 7.11 Å². The predicted octanol–water partition coefficient (Wildman–Crippen LogP) is 1.38. The molecule has 0 amide bonds. The van der Waals surface area contributed by atoms with Crippen molar-refractivity contribution in [1.82, 2.24) is 24.7 Å². The maximum atomic E-state index is 5.24. The normalized spacial score (nSPS) is 16.0. The van der Waals surface area contributed by atoms with Crippen LogP contribution >= 0.6 is 0 Å². The summed E-state index contributed by atoms with van der Waals surface area (Å²) in [6.45, 7) is 3.90. The molecule has 2 aromatic heterocycles. The van der Waals surface area contributed by atoms with Crippen molar-refractivity contribution in [1.29, 1.82) is 0 Å². The molecular formula is C15H22N6O. The monoisotopic (exact) mass is 302 g/mol. The topological polar surface area (TPSA) is 69.0 Å². The molecule has 7 nitrogen and oxygen atoms in total. The van der Waals surface area contributed by atoms with E-state index in [0.29, 0.717) is 11.8 Å². The van der Waals surface area contributed by atoms with Crippen molar-refractivity contribution in [2.75, 3.05) is 25.1 Å². The molecule has 22 heavy (non-hydrogen) atoms. The van der Waals surface area contributed by atoms with E-state index in [1.165, 1.54) is 0 Å². The lowest BCUT2D eigenvalue weighted by molar-refractivity contribution is 0.382. The average Bonchev–Trinajstić information content (AvgIpc) is 2.92. The second kappa shape index (κ2) is 6.29. The van der Waals surface area contributed by atoms with Crippen LogP contribution in [0.1, 0.15) is 24.4 Å². The lowest BCUT2D eigenvalue weighted by Crippen LogP contribution is -2.35. The van der Waals surface area contributed by atoms with Crippen molar-refractivity contribution >= 4 is 5.95 Å². The Kier molecular flexibility index (Phi) is 4.22. The number of rotatable bonds is 4. The van der Waals surface area contributed by atoms with Gasteiger partial charge < -0.3 is 14.2 Å². The fourth-order valence-electron chi connectivity index (χ4n) is 2.86. The van der Waals surface area contributed by atoms with E-state index < -0.39 is 0 Å². The highest BCUT2D eigenvalue weighted by Crippen LogP contribution is 2.24. The summed E-state index contributed by atoms with van der Waals surface area (Å²) < 4.78 is 7.24. The van der Waals surface area contributed by atoms with Crippen LogP contribution in [0.5, 0.6) is 5.88 Å². The van der Waals surface area contributed by atoms with Crippen molar-refractivity contribution in [3.8, 4) is 5.88 Å². The zero-order chi connectivity index (χ0) is 15.5. The first kappa shape index (κ1) is 14.7. The first-order valence-electron chi connectivity index (χ1n) is 7.63. The van der Waals surface area contributed by atoms with Crippen LogP contribution in [0.2, 0.25) is 0 Å². The number of ether oxygens (including phenoxy) is 1. The summed E-state index contributed by atoms with van der Waals surface area (Å²) in [6.07, 6.45) is 4.98. The van der Waals surface area contributed by atoms with Crippen LogP contribution in [0, 0.1) is 12.8 Å². The van der Waals surface area contributed by atoms with Gasteiger partial charge >= 0.3 is 0 Å². The minimum absolute atomic E-state index is 0.628. The fraction of sp³-hybridized carbons (Fsp3) is 0.600. The van der Waals surface area contributed by atoms with Gasteiger partial charge in [0.2, 0.25) is 11.8 Å². The lowest BCUT2D eigenvalue weighted by atomic mass is 9.93. The molecule has 0 radical (unpaired) electrons. The highest BCUT2D eigenvalue weighted by atomic mass is 16.5. The highest BCUT2D eigenvalue weighted by Gasteiger charge is 2.23. The number of aromatic nitrogens is 5. The third-order valence-corrected chi connectivity index (χ3v) is 4.20. The molecule has 1 aliphatic rings. The Labute approximate surface area is 130 Å². The van der Waals surface area contributed by atoms with Gasteiger partial charge in [0.25, 0.3) is 0 Å². The summed E-state index contributed by atoms with van der Waals surface area (Å²) in [7, 11) is 3.63. The van der Waals surface area contributed by atoms with Crippen molar-refractivity contribution in [3.63, 3.8) is 0 Å². The minimum atomic E-state index is 0.628. The Morgan fingerprint density at radius 1 is 1.27 bits per heavy atom. The van der Waals surface area contributed by atoms with Crippen LogP contribution in [-0.4, -0.2) is 44.9 Å². The first-order chi connectivity index (χ1) is 10.7. The molecule has 3 rings (SSSR count). The summed E-state index contributed by atoms with van der Waals surface area (Å²) in [5.74, 6) is 3.11. The molecular weight excluding hydrogens is 280 g/mol. The summed E-state index contributed by atoms with van der Waals surface area (Å²) in [6, 6.07) is 1.85. The van der Waals surface area contributed by atoms with E-state index >= 15 is 0 Å². The molecule has 1 fully saturated rings. The molecule has 0 unspecified atom stereocenters. The lowest BCUT2D eigenvalue weighted by Gasteiger charge is -2.32. The predicted molar refractivity (Wildman–Crippen MR) is 83.0 cm³/mol. The van der Waals surface area contributed by atoms with Crippen LogP contribution in [0.15, 0.2) is 12.4 Å². The van der Waals surface area contributed by atoms with Gasteiger partial charge in [-0.1, -0.05) is 0 Å². The van der Waals surface area contributed by atoms with E-state index in [1.54, 1.807) is 13.4 Å². The molecule has 0 aromatic carbocycles. The zero-order valence-electron chi connectivity index (χ0n) is 13.4. The van der Waals surface area contributed by atoms with Gasteiger partial charge in [-0.25, -0.2) is 4.98 Å². The van der Waals surface area contributed by atoms with Crippen LogP contribution in [0.4, 0.5) is 5.95 Å². The second-order valence-electron chi connectivity index (χ2n) is 5.84. The number of hydrogen-bond acceptors (Lipinski definition) is 6. The smallest absolute Gasteiger partial charge is 0.228 e. The third-order valence-electron chi connectivity index (χ3n) is 4.20. The quantitative estimate of drug-likeness (QED) is 0.850. The number of anilines is 1. The van der Waals surface area contributed by atoms with Crippen molar-refractivity contribution < 1.29 is 4.74 Å². The largest absolute Gasteiger partial charge is 0.481 e. The molecule has 3 heterocycles. The van der Waals surface area contributed by atoms with Crippen LogP contribution in [0.25, 0.3) is 0 Å². The van der Waals surface area contributed by atoms with Gasteiger partial charge in [-0.3, -0.25) is 0 Å². The van der Waals surface area contributed by atoms with Gasteiger partial charge in [-0.2, -0.15) is 4.98 Å². The van der Waals surface area contributed by atoms with E-state index in [2.05, 4.69) is 25.1 Å². The van der Waals surface area contributed by atoms with Gasteiger partial charge in [-0.05, 0) is 25.7 Å². The van der Waals surface area contributed by atoms with Gasteiger partial charge in [0.1, 0.15) is 12.2 Å². The molecule has 0 spiro atoms.